The van der Waals surface area contributed by atoms with Gasteiger partial charge in [0.1, 0.15) is 0 Å². The van der Waals surface area contributed by atoms with Gasteiger partial charge in [-0.3, -0.25) is 0 Å². The third-order valence-electron chi connectivity index (χ3n) is 7.93. The van der Waals surface area contributed by atoms with Gasteiger partial charge in [0.05, 0.1) is 23.3 Å². The molecule has 2 aliphatic heterocycles. The van der Waals surface area contributed by atoms with E-state index in [0.717, 1.165) is 90.2 Å². The molecule has 198 valence electrons. The first-order valence-electron chi connectivity index (χ1n) is 13.7. The van der Waals surface area contributed by atoms with Gasteiger partial charge in [-0.05, 0) is 47.6 Å². The molecule has 6 aromatic rings. The minimum atomic E-state index is 0.572. The zero-order valence-electron chi connectivity index (χ0n) is 22.2. The van der Waals surface area contributed by atoms with Crippen LogP contribution in [0.5, 0.6) is 0 Å². The fraction of sp³-hybridized carbons (Fsp3) is 0.125. The molecule has 0 saturated heterocycles. The average molecular weight is 580 g/mol. The summed E-state index contributed by atoms with van der Waals surface area (Å²) in [7, 11) is 0. The van der Waals surface area contributed by atoms with E-state index in [-0.39, 0.29) is 0 Å². The second-order valence-electron chi connectivity index (χ2n) is 10.3. The second kappa shape index (κ2) is 9.97. The molecule has 9 nitrogen and oxygen atoms in total. The summed E-state index contributed by atoms with van der Waals surface area (Å²) in [5.74, 6) is 2.39. The Morgan fingerprint density at radius 3 is 1.19 bits per heavy atom. The number of benzene rings is 3. The molecule has 42 heavy (non-hydrogen) atoms. The number of hydrogen-bond donors (Lipinski definition) is 0. The minimum Gasteiger partial charge on any atom is -0.358 e. The molecule has 0 N–H and O–H groups in total. The second-order valence-corrected chi connectivity index (χ2v) is 10.3. The zero-order valence-corrected chi connectivity index (χ0v) is 23.8. The zero-order chi connectivity index (χ0) is 28.2. The Bertz CT molecular complexity index is 2070. The monoisotopic (exact) mass is 580 g/mol. The predicted octanol–water partition coefficient (Wildman–Crippen LogP) is 5.73. The van der Waals surface area contributed by atoms with Crippen molar-refractivity contribution in [2.45, 2.75) is 25.7 Å². The fourth-order valence-electron chi connectivity index (χ4n) is 6.01. The van der Waals surface area contributed by atoms with Crippen LogP contribution in [0.1, 0.15) is 24.0 Å². The van der Waals surface area contributed by atoms with Gasteiger partial charge in [0.15, 0.2) is 0 Å². The number of hydrogen-bond acceptors (Lipinski definition) is 7. The topological polar surface area (TPSA) is 123 Å². The van der Waals surface area contributed by atoms with Crippen molar-refractivity contribution < 1.29 is 23.7 Å². The van der Waals surface area contributed by atoms with Crippen LogP contribution in [0.25, 0.3) is 78.9 Å². The minimum absolute atomic E-state index is 0.572. The molecule has 1 aliphatic carbocycles. The summed E-state index contributed by atoms with van der Waals surface area (Å²) in [4.78, 5) is 39.7. The SMILES string of the molecule is [O]=[Ti+2].c1ccc2c(c1)-c1nc-2nc2[n-]c(nc3nc(nc4[n-]c(n1)c1c4CCCC1)-c1ccccc1-3)c1ccccc21. The summed E-state index contributed by atoms with van der Waals surface area (Å²) >= 11 is 0.750. The molecule has 3 aromatic carbocycles. The molecule has 0 saturated carbocycles. The summed E-state index contributed by atoms with van der Waals surface area (Å²) in [6.45, 7) is 0. The first-order chi connectivity index (χ1) is 20.8. The molecule has 8 bridgehead atoms. The molecule has 0 radical (unpaired) electrons. The maximum absolute atomic E-state index is 8.25. The van der Waals surface area contributed by atoms with E-state index in [1.807, 2.05) is 72.8 Å². The predicted molar refractivity (Wildman–Crippen MR) is 154 cm³/mol. The van der Waals surface area contributed by atoms with Crippen LogP contribution in [-0.4, -0.2) is 29.9 Å². The Morgan fingerprint density at radius 2 is 0.786 bits per heavy atom. The Hall–Kier alpha value is -4.73. The molecule has 10 heteroatoms. The van der Waals surface area contributed by atoms with Gasteiger partial charge in [-0.1, -0.05) is 72.8 Å². The van der Waals surface area contributed by atoms with Crippen molar-refractivity contribution >= 4 is 33.4 Å². The van der Waals surface area contributed by atoms with Gasteiger partial charge in [-0.15, -0.1) is 0 Å². The normalized spacial score (nSPS) is 13.1. The first kappa shape index (κ1) is 25.0. The van der Waals surface area contributed by atoms with Crippen LogP contribution in [0.15, 0.2) is 72.8 Å². The fourth-order valence-corrected chi connectivity index (χ4v) is 6.01. The molecule has 0 spiro atoms. The van der Waals surface area contributed by atoms with Gasteiger partial charge in [-0.25, -0.2) is 9.97 Å². The summed E-state index contributed by atoms with van der Waals surface area (Å²) in [5, 5.41) is 1.82. The van der Waals surface area contributed by atoms with Crippen molar-refractivity contribution in [1.29, 1.82) is 0 Å². The molecule has 0 atom stereocenters. The standard InChI is InChI=1S/C32H20N8.O.Ti/c1-2-10-18-17(9-1)25-33-26(18)38-28-21-13-5-6-14-22(21)30(35-28)40-32-24-16-8-7-15-23(24)31(36-32)39-29-20-12-4-3-11-19(20)27(34-29)37-25;;/h1-6,9-14H,7-8,15-16H2;;/q-2;;+2. The maximum Gasteiger partial charge on any atom is 0.0927 e. The van der Waals surface area contributed by atoms with E-state index in [1.54, 1.807) is 0 Å². The Balaban J connectivity index is 0.00000131. The Morgan fingerprint density at radius 1 is 0.452 bits per heavy atom. The van der Waals surface area contributed by atoms with Crippen LogP contribution < -0.4 is 9.97 Å². The molecular formula is C32H20N8OTi. The van der Waals surface area contributed by atoms with E-state index >= 15 is 0 Å². The molecule has 0 unspecified atom stereocenters. The van der Waals surface area contributed by atoms with Gasteiger partial charge in [0.25, 0.3) is 0 Å². The number of aromatic nitrogens is 8. The van der Waals surface area contributed by atoms with E-state index in [9.17, 15) is 0 Å². The Labute approximate surface area is 251 Å². The van der Waals surface area contributed by atoms with Gasteiger partial charge in [0.2, 0.25) is 0 Å². The van der Waals surface area contributed by atoms with Gasteiger partial charge in [0, 0.05) is 44.8 Å². The van der Waals surface area contributed by atoms with Crippen molar-refractivity contribution in [3.63, 3.8) is 0 Å². The van der Waals surface area contributed by atoms with Gasteiger partial charge in [-0.2, -0.15) is 0 Å². The number of nitrogens with zero attached hydrogens (tertiary/aromatic N) is 8. The molecule has 9 rings (SSSR count). The summed E-state index contributed by atoms with van der Waals surface area (Å²) < 4.78 is 8.25. The van der Waals surface area contributed by atoms with Gasteiger partial charge < -0.3 is 29.9 Å². The number of fused-ring (bicyclic) bond motifs is 20. The molecule has 3 aliphatic rings. The molecule has 3 aromatic heterocycles. The first-order valence-corrected chi connectivity index (χ1v) is 14.4. The van der Waals surface area contributed by atoms with Crippen LogP contribution in [0, 0.1) is 0 Å². The van der Waals surface area contributed by atoms with Gasteiger partial charge >= 0.3 is 23.7 Å². The smallest absolute Gasteiger partial charge is 0.0927 e. The van der Waals surface area contributed by atoms with E-state index in [1.165, 1.54) is 0 Å². The largest absolute Gasteiger partial charge is 0.358 e. The third-order valence-corrected chi connectivity index (χ3v) is 7.93. The summed E-state index contributed by atoms with van der Waals surface area (Å²) in [5.41, 5.74) is 8.57. The summed E-state index contributed by atoms with van der Waals surface area (Å²) in [6, 6.07) is 24.1. The van der Waals surface area contributed by atoms with Crippen molar-refractivity contribution in [2.75, 3.05) is 0 Å². The van der Waals surface area contributed by atoms with E-state index in [4.69, 9.17) is 43.2 Å². The van der Waals surface area contributed by atoms with Crippen molar-refractivity contribution in [1.82, 2.24) is 39.9 Å². The third kappa shape index (κ3) is 3.89. The average Bonchev–Trinajstić information content (AvgIpc) is 3.78. The Kier molecular flexibility index (Phi) is 5.94. The molecular weight excluding hydrogens is 560 g/mol. The number of rotatable bonds is 0. The summed E-state index contributed by atoms with van der Waals surface area (Å²) in [6.07, 6.45) is 4.06. The molecule has 5 heterocycles. The van der Waals surface area contributed by atoms with Crippen LogP contribution >= 0.6 is 0 Å². The van der Waals surface area contributed by atoms with Crippen LogP contribution in [-0.2, 0) is 36.6 Å². The van der Waals surface area contributed by atoms with Crippen LogP contribution in [0.3, 0.4) is 0 Å². The van der Waals surface area contributed by atoms with Crippen molar-refractivity contribution in [2.24, 2.45) is 0 Å². The quantitative estimate of drug-likeness (QED) is 0.207. The van der Waals surface area contributed by atoms with E-state index in [0.29, 0.717) is 45.9 Å². The molecule has 0 amide bonds. The van der Waals surface area contributed by atoms with Crippen molar-refractivity contribution in [3.05, 3.63) is 83.9 Å². The molecule has 0 fully saturated rings. The van der Waals surface area contributed by atoms with E-state index < -0.39 is 0 Å². The van der Waals surface area contributed by atoms with Crippen LogP contribution in [0.2, 0.25) is 0 Å². The van der Waals surface area contributed by atoms with E-state index in [2.05, 4.69) is 0 Å². The van der Waals surface area contributed by atoms with Crippen LogP contribution in [0.4, 0.5) is 0 Å². The number of aryl methyl sites for hydroxylation is 2. The maximum atomic E-state index is 8.25. The van der Waals surface area contributed by atoms with Crippen molar-refractivity contribution in [3.8, 4) is 45.6 Å².